The summed E-state index contributed by atoms with van der Waals surface area (Å²) in [5.41, 5.74) is -0.152. The number of hydrogen-bond donors (Lipinski definition) is 3. The van der Waals surface area contributed by atoms with E-state index in [0.717, 1.165) is 43.7 Å². The summed E-state index contributed by atoms with van der Waals surface area (Å²) in [6, 6.07) is 0.942. The van der Waals surface area contributed by atoms with Crippen molar-refractivity contribution in [1.82, 2.24) is 0 Å². The molecule has 2 aliphatic rings. The van der Waals surface area contributed by atoms with Gasteiger partial charge in [0, 0.05) is 5.56 Å². The lowest BCUT2D eigenvalue weighted by Crippen LogP contribution is -2.47. The molecule has 34 heavy (non-hydrogen) atoms. The average molecular weight is 519 g/mol. The number of rotatable bonds is 6. The number of carbonyl (C=O) groups is 1. The van der Waals surface area contributed by atoms with Gasteiger partial charge in [0.2, 0.25) is 0 Å². The van der Waals surface area contributed by atoms with E-state index in [1.165, 1.54) is 0 Å². The number of allylic oxidation sites excluding steroid dienone is 1. The summed E-state index contributed by atoms with van der Waals surface area (Å²) in [5, 5.41) is 10.3. The predicted octanol–water partition coefficient (Wildman–Crippen LogP) is 4.21. The number of hydrogen-bond acceptors (Lipinski definition) is 8. The highest BCUT2D eigenvalue weighted by atomic mass is 32.3. The van der Waals surface area contributed by atoms with E-state index in [0.29, 0.717) is 5.92 Å². The fourth-order valence-electron chi connectivity index (χ4n) is 6.05. The van der Waals surface area contributed by atoms with Gasteiger partial charge in [0.05, 0.1) is 0 Å². The molecule has 0 heterocycles. The van der Waals surface area contributed by atoms with Gasteiger partial charge >= 0.3 is 20.8 Å². The minimum atomic E-state index is -5.12. The van der Waals surface area contributed by atoms with Gasteiger partial charge in [-0.1, -0.05) is 45.8 Å². The van der Waals surface area contributed by atoms with Gasteiger partial charge in [0.25, 0.3) is 0 Å². The normalized spacial score (nSPS) is 28.2. The van der Waals surface area contributed by atoms with E-state index in [4.69, 9.17) is 4.55 Å². The average Bonchev–Trinajstić information content (AvgIpc) is 2.65. The van der Waals surface area contributed by atoms with Crippen LogP contribution < -0.4 is 8.37 Å². The number of phenolic OH excluding ortho intramolecular Hbond substituents is 1. The van der Waals surface area contributed by atoms with Gasteiger partial charge in [0.15, 0.2) is 23.5 Å². The Kier molecular flexibility index (Phi) is 6.86. The lowest BCUT2D eigenvalue weighted by atomic mass is 9.48. The molecule has 0 aromatic heterocycles. The van der Waals surface area contributed by atoms with Crippen molar-refractivity contribution in [2.24, 2.45) is 22.7 Å². The molecule has 3 rings (SSSR count). The summed E-state index contributed by atoms with van der Waals surface area (Å²) in [7, 11) is -10.2. The number of aromatic hydroxyl groups is 1. The molecule has 0 saturated heterocycles. The minimum absolute atomic E-state index is 0.0350. The minimum Gasteiger partial charge on any atom is -0.504 e. The first-order chi connectivity index (χ1) is 15.5. The van der Waals surface area contributed by atoms with Crippen LogP contribution in [-0.2, 0) is 20.8 Å². The number of aldehydes is 1. The maximum atomic E-state index is 11.7. The summed E-state index contributed by atoms with van der Waals surface area (Å²) in [5.74, 6) is -2.18. The van der Waals surface area contributed by atoms with Gasteiger partial charge < -0.3 is 13.5 Å². The molecule has 2 aliphatic carbocycles. The van der Waals surface area contributed by atoms with Gasteiger partial charge in [-0.3, -0.25) is 13.9 Å². The number of benzene rings is 1. The van der Waals surface area contributed by atoms with Crippen LogP contribution >= 0.6 is 0 Å². The summed E-state index contributed by atoms with van der Waals surface area (Å²) in [6.45, 7) is 8.60. The molecule has 1 aromatic carbocycles. The van der Waals surface area contributed by atoms with Crippen molar-refractivity contribution in [3.63, 3.8) is 0 Å². The van der Waals surface area contributed by atoms with Crippen molar-refractivity contribution >= 4 is 33.2 Å². The fourth-order valence-corrected chi connectivity index (χ4v) is 6.80. The van der Waals surface area contributed by atoms with Crippen molar-refractivity contribution in [3.8, 4) is 17.2 Å². The summed E-state index contributed by atoms with van der Waals surface area (Å²) in [4.78, 5) is 11.7. The zero-order valence-corrected chi connectivity index (χ0v) is 21.1. The van der Waals surface area contributed by atoms with Crippen molar-refractivity contribution in [2.45, 2.75) is 59.8 Å². The molecule has 1 unspecified atom stereocenters. The van der Waals surface area contributed by atoms with E-state index in [-0.39, 0.29) is 28.6 Å². The molecule has 0 amide bonds. The highest BCUT2D eigenvalue weighted by Crippen LogP contribution is 2.61. The fraction of sp³-hybridized carbons (Fsp3) is 0.591. The SMILES string of the molecule is C[C@H]1CCC2C(C)(C)CCC[C@]2(C)C1=Cc1cc(OS(=O)(=O)O)c(O)c(C=O)c1OS(=O)(=O)O. The van der Waals surface area contributed by atoms with E-state index in [9.17, 15) is 31.3 Å². The van der Waals surface area contributed by atoms with E-state index >= 15 is 0 Å². The molecule has 2 fully saturated rings. The second-order valence-corrected chi connectivity index (χ2v) is 12.1. The third-order valence-corrected chi connectivity index (χ3v) is 8.17. The summed E-state index contributed by atoms with van der Waals surface area (Å²) in [6.07, 6.45) is 6.41. The van der Waals surface area contributed by atoms with Gasteiger partial charge in [-0.25, -0.2) is 0 Å². The first-order valence-corrected chi connectivity index (χ1v) is 13.6. The van der Waals surface area contributed by atoms with Gasteiger partial charge in [0.1, 0.15) is 5.56 Å². The van der Waals surface area contributed by atoms with E-state index in [2.05, 4.69) is 29.1 Å². The number of fused-ring (bicyclic) bond motifs is 1. The Balaban J connectivity index is 2.31. The van der Waals surface area contributed by atoms with Crippen LogP contribution in [0, 0.1) is 22.7 Å². The smallest absolute Gasteiger partial charge is 0.446 e. The topological polar surface area (TPSA) is 164 Å². The molecule has 0 aliphatic heterocycles. The second kappa shape index (κ2) is 8.81. The highest BCUT2D eigenvalue weighted by Gasteiger charge is 2.51. The van der Waals surface area contributed by atoms with Gasteiger partial charge in [-0.15, -0.1) is 0 Å². The maximum absolute atomic E-state index is 11.7. The molecular formula is C22H30O10S2. The highest BCUT2D eigenvalue weighted by molar-refractivity contribution is 7.81. The summed E-state index contributed by atoms with van der Waals surface area (Å²) < 4.78 is 73.0. The molecule has 0 spiro atoms. The van der Waals surface area contributed by atoms with Crippen LogP contribution in [0.15, 0.2) is 11.6 Å². The molecular weight excluding hydrogens is 488 g/mol. The van der Waals surface area contributed by atoms with Gasteiger partial charge in [-0.05, 0) is 54.4 Å². The van der Waals surface area contributed by atoms with Gasteiger partial charge in [-0.2, -0.15) is 16.8 Å². The van der Waals surface area contributed by atoms with Crippen LogP contribution in [0.25, 0.3) is 6.08 Å². The first-order valence-electron chi connectivity index (χ1n) is 10.9. The monoisotopic (exact) mass is 518 g/mol. The molecule has 190 valence electrons. The third kappa shape index (κ3) is 5.24. The van der Waals surface area contributed by atoms with Crippen molar-refractivity contribution in [1.29, 1.82) is 0 Å². The lowest BCUT2D eigenvalue weighted by Gasteiger charge is -2.56. The standard InChI is InChI=1S/C22H30O10S2/c1-13-6-7-18-21(2,3)8-5-9-22(18,4)16(13)10-14-11-17(31-33(25,26)27)19(24)15(12-23)20(14)32-34(28,29)30/h10-13,18,24H,5-9H2,1-4H3,(H,25,26,27)(H,28,29,30)/t13-,18?,22+/m0/s1. The Morgan fingerprint density at radius 3 is 2.21 bits per heavy atom. The van der Waals surface area contributed by atoms with Crippen LogP contribution in [0.5, 0.6) is 17.2 Å². The molecule has 3 atom stereocenters. The molecule has 3 N–H and O–H groups in total. The van der Waals surface area contributed by atoms with Crippen LogP contribution in [0.3, 0.4) is 0 Å². The second-order valence-electron chi connectivity index (χ2n) is 10.1. The Hall–Kier alpha value is -2.15. The molecule has 1 aromatic rings. The van der Waals surface area contributed by atoms with E-state index in [1.54, 1.807) is 6.08 Å². The number of phenols is 1. The van der Waals surface area contributed by atoms with E-state index < -0.39 is 43.6 Å². The Morgan fingerprint density at radius 2 is 1.65 bits per heavy atom. The van der Waals surface area contributed by atoms with Crippen LogP contribution in [0.1, 0.15) is 75.7 Å². The van der Waals surface area contributed by atoms with Crippen LogP contribution in [0.4, 0.5) is 0 Å². The maximum Gasteiger partial charge on any atom is 0.446 e. The van der Waals surface area contributed by atoms with Crippen molar-refractivity contribution in [3.05, 3.63) is 22.8 Å². The Morgan fingerprint density at radius 1 is 1.03 bits per heavy atom. The quantitative estimate of drug-likeness (QED) is 0.367. The third-order valence-electron chi connectivity index (χ3n) is 7.40. The first kappa shape index (κ1) is 26.5. The predicted molar refractivity (Wildman–Crippen MR) is 123 cm³/mol. The molecule has 2 saturated carbocycles. The molecule has 0 radical (unpaired) electrons. The van der Waals surface area contributed by atoms with Crippen molar-refractivity contribution in [2.75, 3.05) is 0 Å². The molecule has 10 nitrogen and oxygen atoms in total. The zero-order valence-electron chi connectivity index (χ0n) is 19.4. The Labute approximate surface area is 199 Å². The molecule has 0 bridgehead atoms. The lowest BCUT2D eigenvalue weighted by molar-refractivity contribution is -0.00534. The van der Waals surface area contributed by atoms with Crippen molar-refractivity contribution < 1.29 is 44.2 Å². The molecule has 12 heteroatoms. The number of carbonyl (C=O) groups excluding carboxylic acids is 1. The van der Waals surface area contributed by atoms with E-state index in [1.807, 2.05) is 6.92 Å². The zero-order chi connectivity index (χ0) is 25.7. The van der Waals surface area contributed by atoms with Crippen LogP contribution in [0.2, 0.25) is 0 Å². The largest absolute Gasteiger partial charge is 0.504 e. The summed E-state index contributed by atoms with van der Waals surface area (Å²) >= 11 is 0. The van der Waals surface area contributed by atoms with Crippen LogP contribution in [-0.4, -0.2) is 37.3 Å². The Bertz CT molecular complexity index is 1230.